The smallest absolute Gasteiger partial charge is 0.255 e. The quantitative estimate of drug-likeness (QED) is 0.815. The van der Waals surface area contributed by atoms with Gasteiger partial charge >= 0.3 is 0 Å². The van der Waals surface area contributed by atoms with E-state index >= 15 is 0 Å². The van der Waals surface area contributed by atoms with Gasteiger partial charge in [0.25, 0.3) is 5.91 Å². The molecule has 0 unspecified atom stereocenters. The molecule has 5 nitrogen and oxygen atoms in total. The van der Waals surface area contributed by atoms with Gasteiger partial charge in [0.05, 0.1) is 18.9 Å². The highest BCUT2D eigenvalue weighted by Gasteiger charge is 2.19. The molecular formula is C19H21NO4. The number of carbonyl (C=O) groups is 1. The highest BCUT2D eigenvalue weighted by atomic mass is 16.5. The SMILES string of the molecule is COc1ccc(C(=O)Nc2ccccc2O)cc1OC1CCCC1. The van der Waals surface area contributed by atoms with E-state index in [0.29, 0.717) is 22.7 Å². The summed E-state index contributed by atoms with van der Waals surface area (Å²) in [6.45, 7) is 0. The van der Waals surface area contributed by atoms with Gasteiger partial charge in [-0.2, -0.15) is 0 Å². The lowest BCUT2D eigenvalue weighted by molar-refractivity contribution is 0.102. The molecule has 0 radical (unpaired) electrons. The predicted octanol–water partition coefficient (Wildman–Crippen LogP) is 3.97. The molecule has 0 aromatic heterocycles. The molecule has 0 bridgehead atoms. The summed E-state index contributed by atoms with van der Waals surface area (Å²) < 4.78 is 11.3. The number of hydrogen-bond donors (Lipinski definition) is 2. The molecule has 0 spiro atoms. The third kappa shape index (κ3) is 3.62. The van der Waals surface area contributed by atoms with Crippen LogP contribution >= 0.6 is 0 Å². The lowest BCUT2D eigenvalue weighted by Crippen LogP contribution is -2.14. The summed E-state index contributed by atoms with van der Waals surface area (Å²) in [5.41, 5.74) is 0.823. The number of aromatic hydroxyl groups is 1. The van der Waals surface area contributed by atoms with Crippen LogP contribution in [-0.4, -0.2) is 24.2 Å². The van der Waals surface area contributed by atoms with Crippen LogP contribution in [0.2, 0.25) is 0 Å². The summed E-state index contributed by atoms with van der Waals surface area (Å²) in [6.07, 6.45) is 4.56. The van der Waals surface area contributed by atoms with Crippen molar-refractivity contribution in [2.45, 2.75) is 31.8 Å². The molecule has 1 aliphatic rings. The molecule has 2 aromatic carbocycles. The predicted molar refractivity (Wildman–Crippen MR) is 91.9 cm³/mol. The molecule has 0 heterocycles. The fourth-order valence-corrected chi connectivity index (χ4v) is 2.87. The fourth-order valence-electron chi connectivity index (χ4n) is 2.87. The minimum Gasteiger partial charge on any atom is -0.506 e. The van der Waals surface area contributed by atoms with Gasteiger partial charge < -0.3 is 19.9 Å². The van der Waals surface area contributed by atoms with Crippen molar-refractivity contribution in [3.05, 3.63) is 48.0 Å². The maximum absolute atomic E-state index is 12.4. The number of rotatable bonds is 5. The van der Waals surface area contributed by atoms with Gasteiger partial charge in [0.15, 0.2) is 11.5 Å². The van der Waals surface area contributed by atoms with E-state index < -0.39 is 0 Å². The number of nitrogens with one attached hydrogen (secondary N) is 1. The molecule has 1 saturated carbocycles. The molecule has 0 aliphatic heterocycles. The molecule has 126 valence electrons. The Morgan fingerprint density at radius 2 is 1.88 bits per heavy atom. The van der Waals surface area contributed by atoms with Crippen LogP contribution in [0.4, 0.5) is 5.69 Å². The number of amides is 1. The average molecular weight is 327 g/mol. The van der Waals surface area contributed by atoms with Crippen molar-refractivity contribution >= 4 is 11.6 Å². The summed E-state index contributed by atoms with van der Waals surface area (Å²) in [7, 11) is 1.58. The van der Waals surface area contributed by atoms with Gasteiger partial charge in [-0.15, -0.1) is 0 Å². The summed E-state index contributed by atoms with van der Waals surface area (Å²) in [5, 5.41) is 12.5. The Labute approximate surface area is 141 Å². The first-order chi connectivity index (χ1) is 11.7. The second-order valence-electron chi connectivity index (χ2n) is 5.86. The van der Waals surface area contributed by atoms with E-state index in [1.807, 2.05) is 0 Å². The maximum atomic E-state index is 12.4. The minimum absolute atomic E-state index is 0.0294. The molecule has 1 amide bonds. The number of methoxy groups -OCH3 is 1. The number of phenols is 1. The average Bonchev–Trinajstić information content (AvgIpc) is 3.10. The third-order valence-electron chi connectivity index (χ3n) is 4.17. The largest absolute Gasteiger partial charge is 0.506 e. The van der Waals surface area contributed by atoms with Crippen molar-refractivity contribution in [2.75, 3.05) is 12.4 Å². The van der Waals surface area contributed by atoms with Crippen LogP contribution in [0.25, 0.3) is 0 Å². The molecule has 1 fully saturated rings. The second kappa shape index (κ2) is 7.25. The number of anilines is 1. The highest BCUT2D eigenvalue weighted by Crippen LogP contribution is 2.33. The molecule has 3 rings (SSSR count). The van der Waals surface area contributed by atoms with Gasteiger partial charge in [0, 0.05) is 5.56 Å². The zero-order valence-electron chi connectivity index (χ0n) is 13.6. The van der Waals surface area contributed by atoms with E-state index in [4.69, 9.17) is 9.47 Å². The lowest BCUT2D eigenvalue weighted by Gasteiger charge is -2.17. The van der Waals surface area contributed by atoms with Gasteiger partial charge in [-0.3, -0.25) is 4.79 Å². The number of benzene rings is 2. The molecule has 2 aromatic rings. The lowest BCUT2D eigenvalue weighted by atomic mass is 10.1. The van der Waals surface area contributed by atoms with Crippen LogP contribution in [0.15, 0.2) is 42.5 Å². The molecule has 0 atom stereocenters. The third-order valence-corrected chi connectivity index (χ3v) is 4.17. The summed E-state index contributed by atoms with van der Waals surface area (Å²) in [5.74, 6) is 0.910. The number of ether oxygens (including phenoxy) is 2. The van der Waals surface area contributed by atoms with E-state index in [0.717, 1.165) is 12.8 Å². The van der Waals surface area contributed by atoms with E-state index in [2.05, 4.69) is 5.32 Å². The molecular weight excluding hydrogens is 306 g/mol. The minimum atomic E-state index is -0.310. The van der Waals surface area contributed by atoms with Gasteiger partial charge in [0.2, 0.25) is 0 Å². The van der Waals surface area contributed by atoms with E-state index in [1.54, 1.807) is 43.5 Å². The molecule has 5 heteroatoms. The Balaban J connectivity index is 1.79. The first kappa shape index (κ1) is 16.2. The van der Waals surface area contributed by atoms with E-state index in [-0.39, 0.29) is 17.8 Å². The number of hydrogen-bond acceptors (Lipinski definition) is 4. The van der Waals surface area contributed by atoms with Crippen LogP contribution in [0.5, 0.6) is 17.2 Å². The van der Waals surface area contributed by atoms with E-state index in [1.165, 1.54) is 18.9 Å². The molecule has 24 heavy (non-hydrogen) atoms. The highest BCUT2D eigenvalue weighted by molar-refractivity contribution is 6.05. The summed E-state index contributed by atoms with van der Waals surface area (Å²) in [6, 6.07) is 11.7. The number of phenolic OH excluding ortho intramolecular Hbond substituents is 1. The van der Waals surface area contributed by atoms with Crippen LogP contribution in [-0.2, 0) is 0 Å². The topological polar surface area (TPSA) is 67.8 Å². The van der Waals surface area contributed by atoms with Gasteiger partial charge in [-0.1, -0.05) is 12.1 Å². The first-order valence-electron chi connectivity index (χ1n) is 8.11. The zero-order valence-corrected chi connectivity index (χ0v) is 13.6. The van der Waals surface area contributed by atoms with Crippen molar-refractivity contribution in [3.8, 4) is 17.2 Å². The molecule has 1 aliphatic carbocycles. The Bertz CT molecular complexity index is 723. The van der Waals surface area contributed by atoms with Crippen molar-refractivity contribution in [2.24, 2.45) is 0 Å². The van der Waals surface area contributed by atoms with Gasteiger partial charge in [0.1, 0.15) is 5.75 Å². The fraction of sp³-hybridized carbons (Fsp3) is 0.316. The van der Waals surface area contributed by atoms with Gasteiger partial charge in [-0.25, -0.2) is 0 Å². The summed E-state index contributed by atoms with van der Waals surface area (Å²) in [4.78, 5) is 12.4. The standard InChI is InChI=1S/C19H21NO4/c1-23-17-11-10-13(12-18(17)24-14-6-2-3-7-14)19(22)20-15-8-4-5-9-16(15)21/h4-5,8-12,14,21H,2-3,6-7H2,1H3,(H,20,22). The Morgan fingerprint density at radius 1 is 1.12 bits per heavy atom. The van der Waals surface area contributed by atoms with Crippen LogP contribution < -0.4 is 14.8 Å². The first-order valence-corrected chi connectivity index (χ1v) is 8.11. The number of para-hydroxylation sites is 2. The maximum Gasteiger partial charge on any atom is 0.255 e. The van der Waals surface area contributed by atoms with E-state index in [9.17, 15) is 9.90 Å². The second-order valence-corrected chi connectivity index (χ2v) is 5.86. The Kier molecular flexibility index (Phi) is 4.89. The van der Waals surface area contributed by atoms with Crippen LogP contribution in [0, 0.1) is 0 Å². The van der Waals surface area contributed by atoms with Crippen molar-refractivity contribution in [1.29, 1.82) is 0 Å². The van der Waals surface area contributed by atoms with Crippen molar-refractivity contribution in [1.82, 2.24) is 0 Å². The van der Waals surface area contributed by atoms with Crippen molar-refractivity contribution < 1.29 is 19.4 Å². The monoisotopic (exact) mass is 327 g/mol. The molecule has 2 N–H and O–H groups in total. The number of carbonyl (C=O) groups excluding carboxylic acids is 1. The van der Waals surface area contributed by atoms with Crippen molar-refractivity contribution in [3.63, 3.8) is 0 Å². The normalized spacial score (nSPS) is 14.4. The van der Waals surface area contributed by atoms with Crippen LogP contribution in [0.1, 0.15) is 36.0 Å². The molecule has 0 saturated heterocycles. The zero-order chi connectivity index (χ0) is 16.9. The summed E-state index contributed by atoms with van der Waals surface area (Å²) >= 11 is 0. The van der Waals surface area contributed by atoms with Crippen LogP contribution in [0.3, 0.4) is 0 Å². The Morgan fingerprint density at radius 3 is 2.58 bits per heavy atom. The Hall–Kier alpha value is -2.69. The van der Waals surface area contributed by atoms with Gasteiger partial charge in [-0.05, 0) is 56.0 Å².